The number of nitrogens with zero attached hydrogens (tertiary/aromatic N) is 4. The molecule has 0 radical (unpaired) electrons. The summed E-state index contributed by atoms with van der Waals surface area (Å²) < 4.78 is 4.51. The van der Waals surface area contributed by atoms with Crippen LogP contribution in [0.5, 0.6) is 0 Å². The normalized spacial score (nSPS) is 13.3. The number of carbonyl (C=O) groups is 3. The van der Waals surface area contributed by atoms with Crippen molar-refractivity contribution in [3.63, 3.8) is 0 Å². The van der Waals surface area contributed by atoms with Gasteiger partial charge in [-0.15, -0.1) is 0 Å². The zero-order chi connectivity index (χ0) is 22.1. The van der Waals surface area contributed by atoms with Crippen LogP contribution in [0.15, 0.2) is 42.7 Å². The number of rotatable bonds is 6. The number of methoxy groups -OCH3 is 1. The van der Waals surface area contributed by atoms with E-state index in [0.717, 1.165) is 0 Å². The molecule has 0 saturated carbocycles. The monoisotopic (exact) mass is 427 g/mol. The molecule has 0 unspecified atom stereocenters. The number of carbonyl (C=O) groups excluding carboxylic acids is 3. The van der Waals surface area contributed by atoms with Crippen molar-refractivity contribution in [2.24, 2.45) is 0 Å². The van der Waals surface area contributed by atoms with Crippen LogP contribution < -0.4 is 20.9 Å². The van der Waals surface area contributed by atoms with Crippen molar-refractivity contribution in [1.82, 2.24) is 20.2 Å². The summed E-state index contributed by atoms with van der Waals surface area (Å²) >= 11 is 0. The summed E-state index contributed by atoms with van der Waals surface area (Å²) in [7, 11) is 1.28. The summed E-state index contributed by atoms with van der Waals surface area (Å²) in [4.78, 5) is 47.9. The zero-order valence-corrected chi connectivity index (χ0v) is 17.2. The van der Waals surface area contributed by atoms with Gasteiger partial charge in [-0.3, -0.25) is 10.1 Å². The first-order valence-electron chi connectivity index (χ1n) is 9.85. The summed E-state index contributed by atoms with van der Waals surface area (Å²) in [6.07, 6.45) is 3.05. The van der Waals surface area contributed by atoms with Crippen LogP contribution in [-0.2, 0) is 9.53 Å². The Bertz CT molecular complexity index is 884. The molecule has 4 amide bonds. The summed E-state index contributed by atoms with van der Waals surface area (Å²) in [6, 6.07) is 7.92. The second-order valence-corrected chi connectivity index (χ2v) is 6.74. The van der Waals surface area contributed by atoms with Gasteiger partial charge in [0.15, 0.2) is 0 Å². The van der Waals surface area contributed by atoms with Gasteiger partial charge in [0.25, 0.3) is 0 Å². The van der Waals surface area contributed by atoms with Crippen molar-refractivity contribution >= 4 is 35.4 Å². The third-order valence-electron chi connectivity index (χ3n) is 4.67. The molecule has 1 aliphatic rings. The standard InChI is InChI=1S/C20H25N7O4/c1-31-20(30)25-16-5-3-15(4-6-16)24-19(29)23-10-7-17(28)26-11-13-27(14-12-26)18-21-8-2-9-22-18/h2-6,8-9H,7,10-14H2,1H3,(H,25,30)(H2,23,24,29). The second kappa shape index (κ2) is 10.8. The van der Waals surface area contributed by atoms with Crippen LogP contribution >= 0.6 is 0 Å². The zero-order valence-electron chi connectivity index (χ0n) is 17.2. The van der Waals surface area contributed by atoms with Crippen LogP contribution in [0.3, 0.4) is 0 Å². The number of hydrogen-bond acceptors (Lipinski definition) is 7. The summed E-state index contributed by atoms with van der Waals surface area (Å²) in [5.74, 6) is 0.661. The predicted octanol–water partition coefficient (Wildman–Crippen LogP) is 1.52. The summed E-state index contributed by atoms with van der Waals surface area (Å²) in [5.41, 5.74) is 1.10. The number of urea groups is 1. The number of nitrogens with one attached hydrogen (secondary N) is 3. The van der Waals surface area contributed by atoms with E-state index in [4.69, 9.17) is 0 Å². The number of benzene rings is 1. The average molecular weight is 427 g/mol. The molecular weight excluding hydrogens is 402 g/mol. The Balaban J connectivity index is 1.35. The van der Waals surface area contributed by atoms with Crippen LogP contribution in [0.2, 0.25) is 0 Å². The van der Waals surface area contributed by atoms with Crippen molar-refractivity contribution in [3.8, 4) is 0 Å². The maximum absolute atomic E-state index is 12.4. The molecular formula is C20H25N7O4. The highest BCUT2D eigenvalue weighted by Crippen LogP contribution is 2.14. The van der Waals surface area contributed by atoms with Crippen molar-refractivity contribution in [2.75, 3.05) is 55.4 Å². The lowest BCUT2D eigenvalue weighted by Crippen LogP contribution is -2.49. The van der Waals surface area contributed by atoms with Gasteiger partial charge >= 0.3 is 12.1 Å². The lowest BCUT2D eigenvalue weighted by Gasteiger charge is -2.34. The van der Waals surface area contributed by atoms with Gasteiger partial charge in [0, 0.05) is 62.9 Å². The van der Waals surface area contributed by atoms with Crippen LogP contribution in [0, 0.1) is 0 Å². The van der Waals surface area contributed by atoms with Crippen molar-refractivity contribution in [2.45, 2.75) is 6.42 Å². The Morgan fingerprint density at radius 1 is 0.968 bits per heavy atom. The topological polar surface area (TPSA) is 129 Å². The third kappa shape index (κ3) is 6.56. The van der Waals surface area contributed by atoms with Crippen molar-refractivity contribution in [1.29, 1.82) is 0 Å². The van der Waals surface area contributed by atoms with Crippen LogP contribution in [0.4, 0.5) is 26.9 Å². The molecule has 1 saturated heterocycles. The Morgan fingerprint density at radius 3 is 2.19 bits per heavy atom. The molecule has 1 aromatic heterocycles. The molecule has 3 N–H and O–H groups in total. The molecule has 11 nitrogen and oxygen atoms in total. The molecule has 0 spiro atoms. The number of piperazine rings is 1. The third-order valence-corrected chi connectivity index (χ3v) is 4.67. The van der Waals surface area contributed by atoms with Crippen molar-refractivity contribution in [3.05, 3.63) is 42.7 Å². The van der Waals surface area contributed by atoms with E-state index < -0.39 is 12.1 Å². The highest BCUT2D eigenvalue weighted by Gasteiger charge is 2.22. The molecule has 2 aromatic rings. The van der Waals surface area contributed by atoms with E-state index in [1.54, 1.807) is 47.6 Å². The summed E-state index contributed by atoms with van der Waals surface area (Å²) in [5, 5.41) is 7.87. The fraction of sp³-hybridized carbons (Fsp3) is 0.350. The van der Waals surface area contributed by atoms with Gasteiger partial charge in [-0.2, -0.15) is 0 Å². The van der Waals surface area contributed by atoms with E-state index in [-0.39, 0.29) is 18.9 Å². The number of hydrogen-bond donors (Lipinski definition) is 3. The van der Waals surface area contributed by atoms with E-state index in [0.29, 0.717) is 43.5 Å². The SMILES string of the molecule is COC(=O)Nc1ccc(NC(=O)NCCC(=O)N2CCN(c3ncccn3)CC2)cc1. The van der Waals surface area contributed by atoms with Gasteiger partial charge < -0.3 is 25.2 Å². The fourth-order valence-electron chi connectivity index (χ4n) is 3.03. The van der Waals surface area contributed by atoms with Crippen molar-refractivity contribution < 1.29 is 19.1 Å². The fourth-order valence-corrected chi connectivity index (χ4v) is 3.03. The Kier molecular flexibility index (Phi) is 7.57. The van der Waals surface area contributed by atoms with E-state index in [9.17, 15) is 14.4 Å². The molecule has 1 aromatic carbocycles. The van der Waals surface area contributed by atoms with Gasteiger partial charge in [0.05, 0.1) is 7.11 Å². The van der Waals surface area contributed by atoms with E-state index in [1.807, 2.05) is 4.90 Å². The van der Waals surface area contributed by atoms with E-state index in [2.05, 4.69) is 30.7 Å². The molecule has 0 aliphatic carbocycles. The molecule has 0 atom stereocenters. The number of anilines is 3. The maximum atomic E-state index is 12.4. The Morgan fingerprint density at radius 2 is 1.58 bits per heavy atom. The Hall–Kier alpha value is -3.89. The minimum Gasteiger partial charge on any atom is -0.453 e. The van der Waals surface area contributed by atoms with Gasteiger partial charge in [0.1, 0.15) is 0 Å². The van der Waals surface area contributed by atoms with Crippen LogP contribution in [-0.4, -0.2) is 72.7 Å². The average Bonchev–Trinajstić information content (AvgIpc) is 2.81. The number of aromatic nitrogens is 2. The van der Waals surface area contributed by atoms with Gasteiger partial charge in [0.2, 0.25) is 11.9 Å². The minimum atomic E-state index is -0.571. The smallest absolute Gasteiger partial charge is 0.411 e. The van der Waals surface area contributed by atoms with Gasteiger partial charge in [-0.05, 0) is 30.3 Å². The van der Waals surface area contributed by atoms with E-state index >= 15 is 0 Å². The van der Waals surface area contributed by atoms with Gasteiger partial charge in [-0.25, -0.2) is 19.6 Å². The highest BCUT2D eigenvalue weighted by molar-refractivity contribution is 5.90. The van der Waals surface area contributed by atoms with Crippen LogP contribution in [0.1, 0.15) is 6.42 Å². The molecule has 1 fully saturated rings. The lowest BCUT2D eigenvalue weighted by atomic mass is 10.2. The molecule has 2 heterocycles. The maximum Gasteiger partial charge on any atom is 0.411 e. The quantitative estimate of drug-likeness (QED) is 0.637. The second-order valence-electron chi connectivity index (χ2n) is 6.74. The first-order valence-corrected chi connectivity index (χ1v) is 9.85. The first kappa shape index (κ1) is 21.8. The molecule has 164 valence electrons. The van der Waals surface area contributed by atoms with Crippen LogP contribution in [0.25, 0.3) is 0 Å². The highest BCUT2D eigenvalue weighted by atomic mass is 16.5. The molecule has 11 heteroatoms. The molecule has 3 rings (SSSR count). The summed E-state index contributed by atoms with van der Waals surface area (Å²) in [6.45, 7) is 2.76. The minimum absolute atomic E-state index is 0.00725. The molecule has 1 aliphatic heterocycles. The molecule has 0 bridgehead atoms. The Labute approximate surface area is 179 Å². The molecule has 31 heavy (non-hydrogen) atoms. The first-order chi connectivity index (χ1) is 15.0. The van der Waals surface area contributed by atoms with E-state index in [1.165, 1.54) is 7.11 Å². The largest absolute Gasteiger partial charge is 0.453 e. The predicted molar refractivity (Wildman–Crippen MR) is 115 cm³/mol. The lowest BCUT2D eigenvalue weighted by molar-refractivity contribution is -0.131. The number of ether oxygens (including phenoxy) is 1. The number of amides is 4. The van der Waals surface area contributed by atoms with Gasteiger partial charge in [-0.1, -0.05) is 0 Å².